The molecule has 0 atom stereocenters. The first-order chi connectivity index (χ1) is 12.0. The van der Waals surface area contributed by atoms with Crippen LogP contribution in [0.5, 0.6) is 5.75 Å². The summed E-state index contributed by atoms with van der Waals surface area (Å²) in [7, 11) is -1.14. The van der Waals surface area contributed by atoms with Crippen LogP contribution in [0.2, 0.25) is 30.7 Å². The van der Waals surface area contributed by atoms with E-state index in [0.717, 1.165) is 11.4 Å². The average molecular weight is 371 g/mol. The maximum absolute atomic E-state index is 11.2. The second kappa shape index (κ2) is 8.05. The van der Waals surface area contributed by atoms with Crippen LogP contribution < -0.4 is 10.1 Å². The van der Waals surface area contributed by atoms with E-state index < -0.39 is 20.5 Å². The molecule has 7 heteroatoms. The molecule has 0 spiro atoms. The van der Waals surface area contributed by atoms with Gasteiger partial charge in [0.05, 0.1) is 14.3 Å². The fourth-order valence-corrected chi connectivity index (χ4v) is 2.99. The second-order valence-electron chi connectivity index (χ2n) is 6.84. The summed E-state index contributed by atoms with van der Waals surface area (Å²) >= 11 is 6.25. The van der Waals surface area contributed by atoms with Crippen molar-refractivity contribution in [3.05, 3.63) is 28.9 Å². The number of ether oxygens (including phenoxy) is 2. The van der Waals surface area contributed by atoms with Gasteiger partial charge < -0.3 is 19.8 Å². The molecule has 0 aliphatic rings. The Morgan fingerprint density at radius 2 is 2.12 bits per heavy atom. The molecule has 0 saturated carbocycles. The van der Waals surface area contributed by atoms with Crippen LogP contribution >= 0.6 is 11.6 Å². The van der Waals surface area contributed by atoms with Gasteiger partial charge in [-0.25, -0.2) is 0 Å². The molecule has 0 radical (unpaired) electrons. The Labute approximate surface area is 151 Å². The molecular formula is C17H25ClN2O3Si. The van der Waals surface area contributed by atoms with Crippen molar-refractivity contribution in [2.45, 2.75) is 39.1 Å². The molecule has 2 rings (SSSR count). The predicted molar refractivity (Wildman–Crippen MR) is 100 cm³/mol. The largest absolute Gasteiger partial charge is 0.466 e. The van der Waals surface area contributed by atoms with Gasteiger partial charge in [-0.3, -0.25) is 4.79 Å². The molecule has 1 aromatic heterocycles. The van der Waals surface area contributed by atoms with Crippen LogP contribution in [0.3, 0.4) is 0 Å². The monoisotopic (exact) mass is 370 g/mol. The number of rotatable bonds is 8. The SMILES string of the molecule is [2H]C([2H])(NC(C)=O)c1cc2cc(Cl)c(OCOCC[Si](C)(C)C)cc2[nH]1. The minimum atomic E-state index is -2.00. The van der Waals surface area contributed by atoms with E-state index in [2.05, 4.69) is 29.9 Å². The molecule has 5 nitrogen and oxygen atoms in total. The lowest BCUT2D eigenvalue weighted by Gasteiger charge is -2.15. The zero-order valence-corrected chi connectivity index (χ0v) is 16.2. The van der Waals surface area contributed by atoms with Crippen LogP contribution in [-0.4, -0.2) is 32.4 Å². The number of carbonyl (C=O) groups is 1. The van der Waals surface area contributed by atoms with E-state index in [1.807, 2.05) is 0 Å². The van der Waals surface area contributed by atoms with Crippen LogP contribution in [0.15, 0.2) is 18.2 Å². The number of aromatic nitrogens is 1. The van der Waals surface area contributed by atoms with Gasteiger partial charge in [0.15, 0.2) is 6.79 Å². The average Bonchev–Trinajstić information content (AvgIpc) is 2.88. The van der Waals surface area contributed by atoms with Crippen molar-refractivity contribution in [1.29, 1.82) is 0 Å². The molecule has 2 N–H and O–H groups in total. The minimum absolute atomic E-state index is 0.107. The highest BCUT2D eigenvalue weighted by Crippen LogP contribution is 2.30. The van der Waals surface area contributed by atoms with Crippen LogP contribution in [0, 0.1) is 0 Å². The Hall–Kier alpha value is -1.50. The second-order valence-corrected chi connectivity index (χ2v) is 12.9. The number of fused-ring (bicyclic) bond motifs is 1. The summed E-state index contributed by atoms with van der Waals surface area (Å²) in [4.78, 5) is 14.1. The fraction of sp³-hybridized carbons (Fsp3) is 0.471. The first kappa shape index (κ1) is 16.0. The standard InChI is InChI=1S/C17H25ClN2O3Si/c1-12(21)19-10-14-7-13-8-15(18)17(9-16(13)20-14)23-11-22-5-6-24(2,3)4/h7-9,20H,5-6,10-11H2,1-4H3,(H,19,21)/i10D2. The predicted octanol–water partition coefficient (Wildman–Crippen LogP) is 4.15. The number of halogens is 1. The molecule has 0 aliphatic carbocycles. The van der Waals surface area contributed by atoms with Crippen molar-refractivity contribution >= 4 is 36.5 Å². The van der Waals surface area contributed by atoms with Gasteiger partial charge in [-0.15, -0.1) is 0 Å². The zero-order chi connectivity index (χ0) is 19.5. The van der Waals surface area contributed by atoms with Crippen molar-refractivity contribution in [3.63, 3.8) is 0 Å². The molecule has 0 unspecified atom stereocenters. The van der Waals surface area contributed by atoms with E-state index in [0.29, 0.717) is 22.9 Å². The third kappa shape index (κ3) is 5.85. The number of hydrogen-bond donors (Lipinski definition) is 2. The molecule has 1 heterocycles. The van der Waals surface area contributed by atoms with Crippen LogP contribution in [0.1, 0.15) is 15.4 Å². The maximum Gasteiger partial charge on any atom is 0.217 e. The number of hydrogen-bond acceptors (Lipinski definition) is 3. The lowest BCUT2D eigenvalue weighted by Crippen LogP contribution is -2.22. The van der Waals surface area contributed by atoms with Crippen molar-refractivity contribution in [1.82, 2.24) is 10.3 Å². The maximum atomic E-state index is 11.2. The highest BCUT2D eigenvalue weighted by Gasteiger charge is 2.12. The number of nitrogens with one attached hydrogen (secondary N) is 2. The molecule has 2 aromatic rings. The number of amides is 1. The number of H-pyrrole nitrogens is 1. The normalized spacial score (nSPS) is 13.5. The molecule has 132 valence electrons. The summed E-state index contributed by atoms with van der Waals surface area (Å²) in [5, 5.41) is 3.41. The van der Waals surface area contributed by atoms with Crippen LogP contribution in [-0.2, 0) is 16.0 Å². The van der Waals surface area contributed by atoms with Gasteiger partial charge >= 0.3 is 0 Å². The third-order valence-corrected chi connectivity index (χ3v) is 5.34. The van der Waals surface area contributed by atoms with Crippen LogP contribution in [0.25, 0.3) is 10.9 Å². The van der Waals surface area contributed by atoms with E-state index in [1.165, 1.54) is 6.92 Å². The quantitative estimate of drug-likeness (QED) is 0.417. The Bertz CT molecular complexity index is 790. The Morgan fingerprint density at radius 1 is 1.38 bits per heavy atom. The Balaban J connectivity index is 2.08. The molecule has 0 saturated heterocycles. The van der Waals surface area contributed by atoms with Gasteiger partial charge in [-0.1, -0.05) is 31.2 Å². The smallest absolute Gasteiger partial charge is 0.217 e. The van der Waals surface area contributed by atoms with E-state index in [9.17, 15) is 4.79 Å². The first-order valence-electron chi connectivity index (χ1n) is 8.80. The molecule has 1 amide bonds. The summed E-state index contributed by atoms with van der Waals surface area (Å²) in [5.41, 5.74) is 0.901. The van der Waals surface area contributed by atoms with Gasteiger partial charge in [0.2, 0.25) is 5.91 Å². The van der Waals surface area contributed by atoms with E-state index in [4.69, 9.17) is 23.8 Å². The van der Waals surface area contributed by atoms with Gasteiger partial charge in [-0.2, -0.15) is 0 Å². The van der Waals surface area contributed by atoms with Gasteiger partial charge in [0.1, 0.15) is 5.75 Å². The number of benzene rings is 1. The lowest BCUT2D eigenvalue weighted by atomic mass is 10.2. The van der Waals surface area contributed by atoms with Crippen LogP contribution in [0.4, 0.5) is 0 Å². The fourth-order valence-electron chi connectivity index (χ4n) is 2.01. The zero-order valence-electron chi connectivity index (χ0n) is 16.5. The summed E-state index contributed by atoms with van der Waals surface area (Å²) in [6.45, 7) is 6.87. The highest BCUT2D eigenvalue weighted by atomic mass is 35.5. The summed E-state index contributed by atoms with van der Waals surface area (Å²) in [6.07, 6.45) is 0. The van der Waals surface area contributed by atoms with Crippen molar-refractivity contribution in [2.75, 3.05) is 13.4 Å². The molecule has 1 aromatic carbocycles. The van der Waals surface area contributed by atoms with Gasteiger partial charge in [0, 0.05) is 44.3 Å². The third-order valence-electron chi connectivity index (χ3n) is 3.34. The highest BCUT2D eigenvalue weighted by molar-refractivity contribution is 6.76. The molecular weight excluding hydrogens is 344 g/mol. The topological polar surface area (TPSA) is 63.4 Å². The molecule has 0 bridgehead atoms. The number of aromatic amines is 1. The van der Waals surface area contributed by atoms with E-state index in [1.54, 1.807) is 18.2 Å². The minimum Gasteiger partial charge on any atom is -0.466 e. The lowest BCUT2D eigenvalue weighted by molar-refractivity contribution is -0.119. The van der Waals surface area contributed by atoms with E-state index >= 15 is 0 Å². The number of carbonyl (C=O) groups excluding carboxylic acids is 1. The van der Waals surface area contributed by atoms with E-state index in [-0.39, 0.29) is 12.5 Å². The molecule has 0 aliphatic heterocycles. The van der Waals surface area contributed by atoms with Crippen molar-refractivity contribution in [3.8, 4) is 5.75 Å². The summed E-state index contributed by atoms with van der Waals surface area (Å²) in [5.74, 6) is 0.00633. The molecule has 0 fully saturated rings. The first-order valence-corrected chi connectivity index (χ1v) is 11.9. The summed E-state index contributed by atoms with van der Waals surface area (Å²) in [6, 6.07) is 6.07. The summed E-state index contributed by atoms with van der Waals surface area (Å²) < 4.78 is 27.1. The Kier molecular flexibility index (Phi) is 5.36. The van der Waals surface area contributed by atoms with Crippen molar-refractivity contribution < 1.29 is 17.0 Å². The van der Waals surface area contributed by atoms with Gasteiger partial charge in [-0.05, 0) is 18.2 Å². The van der Waals surface area contributed by atoms with Gasteiger partial charge in [0.25, 0.3) is 0 Å². The molecule has 24 heavy (non-hydrogen) atoms. The van der Waals surface area contributed by atoms with Crippen molar-refractivity contribution in [2.24, 2.45) is 0 Å². The Morgan fingerprint density at radius 3 is 2.79 bits per heavy atom.